The second kappa shape index (κ2) is 6.91. The maximum absolute atomic E-state index is 12.4. The first-order valence-corrected chi connectivity index (χ1v) is 5.81. The molecule has 1 aromatic heterocycles. The summed E-state index contributed by atoms with van der Waals surface area (Å²) in [5, 5.41) is 10.8. The van der Waals surface area contributed by atoms with Crippen LogP contribution in [0.15, 0.2) is 6.20 Å². The highest BCUT2D eigenvalue weighted by Gasteiger charge is 2.38. The third kappa shape index (κ3) is 4.46. The van der Waals surface area contributed by atoms with Gasteiger partial charge < -0.3 is 14.2 Å². The summed E-state index contributed by atoms with van der Waals surface area (Å²) in [4.78, 5) is 24.6. The molecule has 1 aromatic rings. The fraction of sp³-hybridized carbons (Fsp3) is 0.455. The standard InChI is InChI=1S/C11H11F3N2O6/c1-3-21-8(17)4-6-9(20-2)10(22-11(12,13)14)7(5-15-6)16(18)19/h5H,3-4H2,1-2H3. The SMILES string of the molecule is CCOC(=O)Cc1ncc([N+](=O)[O-])c(OC(F)(F)F)c1OC. The average molecular weight is 324 g/mol. The van der Waals surface area contributed by atoms with Gasteiger partial charge >= 0.3 is 18.0 Å². The van der Waals surface area contributed by atoms with Gasteiger partial charge in [-0.1, -0.05) is 0 Å². The van der Waals surface area contributed by atoms with Crippen molar-refractivity contribution in [3.05, 3.63) is 22.0 Å². The first-order valence-electron chi connectivity index (χ1n) is 5.81. The number of nitrogens with zero attached hydrogens (tertiary/aromatic N) is 2. The number of hydrogen-bond donors (Lipinski definition) is 0. The fourth-order valence-corrected chi connectivity index (χ4v) is 1.53. The van der Waals surface area contributed by atoms with E-state index >= 15 is 0 Å². The van der Waals surface area contributed by atoms with E-state index in [0.717, 1.165) is 7.11 Å². The molecule has 0 saturated carbocycles. The van der Waals surface area contributed by atoms with Crippen molar-refractivity contribution in [1.82, 2.24) is 4.98 Å². The molecule has 0 aliphatic heterocycles. The summed E-state index contributed by atoms with van der Waals surface area (Å²) in [6.45, 7) is 1.59. The number of pyridine rings is 1. The van der Waals surface area contributed by atoms with Crippen molar-refractivity contribution in [1.29, 1.82) is 0 Å². The van der Waals surface area contributed by atoms with Crippen molar-refractivity contribution in [3.63, 3.8) is 0 Å². The molecule has 0 bridgehead atoms. The van der Waals surface area contributed by atoms with Gasteiger partial charge in [0, 0.05) is 0 Å². The Kier molecular flexibility index (Phi) is 5.49. The Morgan fingerprint density at radius 2 is 2.05 bits per heavy atom. The summed E-state index contributed by atoms with van der Waals surface area (Å²) in [5.74, 6) is -2.60. The van der Waals surface area contributed by atoms with Crippen molar-refractivity contribution in [2.75, 3.05) is 13.7 Å². The van der Waals surface area contributed by atoms with Crippen LogP contribution >= 0.6 is 0 Å². The number of rotatable bonds is 6. The second-order valence-electron chi connectivity index (χ2n) is 3.74. The van der Waals surface area contributed by atoms with Crippen LogP contribution in [0.4, 0.5) is 18.9 Å². The van der Waals surface area contributed by atoms with Gasteiger partial charge in [-0.15, -0.1) is 13.2 Å². The first kappa shape index (κ1) is 17.5. The number of alkyl halides is 3. The lowest BCUT2D eigenvalue weighted by molar-refractivity contribution is -0.389. The van der Waals surface area contributed by atoms with E-state index in [1.807, 2.05) is 0 Å². The Morgan fingerprint density at radius 3 is 2.50 bits per heavy atom. The van der Waals surface area contributed by atoms with Crippen LogP contribution in [0.2, 0.25) is 0 Å². The van der Waals surface area contributed by atoms with Crippen LogP contribution < -0.4 is 9.47 Å². The number of ether oxygens (including phenoxy) is 3. The van der Waals surface area contributed by atoms with Gasteiger partial charge in [0.15, 0.2) is 5.75 Å². The summed E-state index contributed by atoms with van der Waals surface area (Å²) in [5.41, 5.74) is -1.31. The van der Waals surface area contributed by atoms with Crippen molar-refractivity contribution < 1.29 is 37.1 Å². The molecule has 122 valence electrons. The summed E-state index contributed by atoms with van der Waals surface area (Å²) in [7, 11) is 0.971. The van der Waals surface area contributed by atoms with E-state index in [2.05, 4.69) is 14.5 Å². The summed E-state index contributed by atoms with van der Waals surface area (Å²) in [6, 6.07) is 0. The molecule has 0 N–H and O–H groups in total. The van der Waals surface area contributed by atoms with Gasteiger partial charge in [0.25, 0.3) is 5.75 Å². The second-order valence-corrected chi connectivity index (χ2v) is 3.74. The molecular weight excluding hydrogens is 313 g/mol. The van der Waals surface area contributed by atoms with Crippen LogP contribution in [-0.4, -0.2) is 36.0 Å². The number of nitro groups is 1. The number of aromatic nitrogens is 1. The zero-order valence-electron chi connectivity index (χ0n) is 11.5. The van der Waals surface area contributed by atoms with E-state index in [1.165, 1.54) is 6.92 Å². The predicted molar refractivity (Wildman–Crippen MR) is 64.5 cm³/mol. The molecule has 1 rings (SSSR count). The number of halogens is 3. The molecule has 1 heterocycles. The van der Waals surface area contributed by atoms with Crippen LogP contribution in [0.3, 0.4) is 0 Å². The van der Waals surface area contributed by atoms with Crippen LogP contribution in [0, 0.1) is 10.1 Å². The highest BCUT2D eigenvalue weighted by atomic mass is 19.4. The Hall–Kier alpha value is -2.59. The molecule has 11 heteroatoms. The number of carbonyl (C=O) groups is 1. The molecule has 0 aromatic carbocycles. The lowest BCUT2D eigenvalue weighted by Gasteiger charge is -2.14. The molecule has 0 spiro atoms. The number of methoxy groups -OCH3 is 1. The number of hydrogen-bond acceptors (Lipinski definition) is 7. The minimum absolute atomic E-state index is 0.0556. The van der Waals surface area contributed by atoms with Crippen molar-refractivity contribution >= 4 is 11.7 Å². The van der Waals surface area contributed by atoms with Gasteiger partial charge in [0.2, 0.25) is 0 Å². The van der Waals surface area contributed by atoms with Crippen molar-refractivity contribution in [2.45, 2.75) is 19.7 Å². The molecule has 0 unspecified atom stereocenters. The third-order valence-corrected chi connectivity index (χ3v) is 2.28. The Labute approximate surface area is 121 Å². The molecular formula is C11H11F3N2O6. The average Bonchev–Trinajstić information content (AvgIpc) is 2.37. The van der Waals surface area contributed by atoms with Crippen LogP contribution in [0.5, 0.6) is 11.5 Å². The number of esters is 1. The topological polar surface area (TPSA) is 101 Å². The molecule has 0 amide bonds. The van der Waals surface area contributed by atoms with Crippen molar-refractivity contribution in [2.24, 2.45) is 0 Å². The highest BCUT2D eigenvalue weighted by molar-refractivity contribution is 5.74. The van der Waals surface area contributed by atoms with E-state index in [1.54, 1.807) is 0 Å². The van der Waals surface area contributed by atoms with E-state index in [9.17, 15) is 28.1 Å². The first-order chi connectivity index (χ1) is 10.2. The summed E-state index contributed by atoms with van der Waals surface area (Å²) in [6.07, 6.45) is -5.15. The molecule has 22 heavy (non-hydrogen) atoms. The Bertz CT molecular complexity index is 576. The van der Waals surface area contributed by atoms with Gasteiger partial charge in [-0.25, -0.2) is 4.98 Å². The minimum atomic E-state index is -5.18. The van der Waals surface area contributed by atoms with Crippen LogP contribution in [0.25, 0.3) is 0 Å². The largest absolute Gasteiger partial charge is 0.573 e. The smallest absolute Gasteiger partial charge is 0.491 e. The van der Waals surface area contributed by atoms with Gasteiger partial charge in [-0.2, -0.15) is 0 Å². The maximum Gasteiger partial charge on any atom is 0.573 e. The lowest BCUT2D eigenvalue weighted by Crippen LogP contribution is -2.19. The predicted octanol–water partition coefficient (Wildman–Crippen LogP) is 2.00. The van der Waals surface area contributed by atoms with E-state index in [0.29, 0.717) is 6.20 Å². The van der Waals surface area contributed by atoms with Gasteiger partial charge in [-0.3, -0.25) is 14.9 Å². The monoisotopic (exact) mass is 324 g/mol. The Balaban J connectivity index is 3.34. The van der Waals surface area contributed by atoms with Gasteiger partial charge in [-0.05, 0) is 6.92 Å². The molecule has 0 atom stereocenters. The van der Waals surface area contributed by atoms with E-state index in [-0.39, 0.29) is 12.3 Å². The Morgan fingerprint density at radius 1 is 1.41 bits per heavy atom. The summed E-state index contributed by atoms with van der Waals surface area (Å²) < 4.78 is 50.2. The molecule has 0 fully saturated rings. The molecule has 0 aliphatic rings. The highest BCUT2D eigenvalue weighted by Crippen LogP contribution is 2.41. The molecule has 0 saturated heterocycles. The van der Waals surface area contributed by atoms with Crippen molar-refractivity contribution in [3.8, 4) is 11.5 Å². The quantitative estimate of drug-likeness (QED) is 0.448. The van der Waals surface area contributed by atoms with E-state index in [4.69, 9.17) is 4.74 Å². The molecule has 8 nitrogen and oxygen atoms in total. The van der Waals surface area contributed by atoms with Crippen LogP contribution in [-0.2, 0) is 16.0 Å². The zero-order chi connectivity index (χ0) is 16.9. The molecule has 0 aliphatic carbocycles. The lowest BCUT2D eigenvalue weighted by atomic mass is 10.2. The minimum Gasteiger partial charge on any atom is -0.491 e. The van der Waals surface area contributed by atoms with Gasteiger partial charge in [0.1, 0.15) is 6.20 Å². The summed E-state index contributed by atoms with van der Waals surface area (Å²) >= 11 is 0. The normalized spacial score (nSPS) is 11.0. The third-order valence-electron chi connectivity index (χ3n) is 2.28. The number of carbonyl (C=O) groups excluding carboxylic acids is 1. The molecule has 0 radical (unpaired) electrons. The van der Waals surface area contributed by atoms with E-state index < -0.39 is 40.9 Å². The fourth-order valence-electron chi connectivity index (χ4n) is 1.53. The van der Waals surface area contributed by atoms with Gasteiger partial charge in [0.05, 0.1) is 30.8 Å². The zero-order valence-corrected chi connectivity index (χ0v) is 11.5. The maximum atomic E-state index is 12.4. The van der Waals surface area contributed by atoms with Crippen LogP contribution in [0.1, 0.15) is 12.6 Å².